The standard InChI is InChI=1S/C8H18O2S2/c9-5-3-1-2-4-6-10-7-8(11)12/h8-9,11-12H,1-7H2. The van der Waals surface area contributed by atoms with Gasteiger partial charge in [0.05, 0.1) is 11.2 Å². The molecule has 0 fully saturated rings. The smallest absolute Gasteiger partial charge is 0.0675 e. The Bertz CT molecular complexity index is 89.1. The molecule has 0 spiro atoms. The molecule has 2 nitrogen and oxygen atoms in total. The van der Waals surface area contributed by atoms with Crippen molar-refractivity contribution in [2.75, 3.05) is 19.8 Å². The van der Waals surface area contributed by atoms with Crippen molar-refractivity contribution in [3.05, 3.63) is 0 Å². The first-order valence-corrected chi connectivity index (χ1v) is 5.35. The monoisotopic (exact) mass is 210 g/mol. The lowest BCUT2D eigenvalue weighted by molar-refractivity contribution is 0.141. The van der Waals surface area contributed by atoms with Gasteiger partial charge in [-0.1, -0.05) is 12.8 Å². The number of hydrogen-bond acceptors (Lipinski definition) is 4. The highest BCUT2D eigenvalue weighted by molar-refractivity contribution is 7.99. The van der Waals surface area contributed by atoms with Crippen LogP contribution in [0, 0.1) is 0 Å². The van der Waals surface area contributed by atoms with Gasteiger partial charge in [-0.25, -0.2) is 0 Å². The molecule has 0 heterocycles. The lowest BCUT2D eigenvalue weighted by Crippen LogP contribution is -2.03. The van der Waals surface area contributed by atoms with Gasteiger partial charge in [-0.05, 0) is 12.8 Å². The van der Waals surface area contributed by atoms with Crippen molar-refractivity contribution in [1.82, 2.24) is 0 Å². The molecule has 0 aromatic carbocycles. The van der Waals surface area contributed by atoms with Crippen LogP contribution in [0.4, 0.5) is 0 Å². The highest BCUT2D eigenvalue weighted by Crippen LogP contribution is 2.02. The number of aliphatic hydroxyl groups excluding tert-OH is 1. The van der Waals surface area contributed by atoms with Gasteiger partial charge in [-0.3, -0.25) is 0 Å². The van der Waals surface area contributed by atoms with Crippen LogP contribution < -0.4 is 0 Å². The molecule has 0 aromatic heterocycles. The van der Waals surface area contributed by atoms with E-state index in [1.54, 1.807) is 0 Å². The van der Waals surface area contributed by atoms with Crippen LogP contribution in [-0.4, -0.2) is 29.5 Å². The largest absolute Gasteiger partial charge is 0.396 e. The van der Waals surface area contributed by atoms with E-state index in [0.717, 1.165) is 32.3 Å². The normalized spacial score (nSPS) is 11.0. The molecule has 0 atom stereocenters. The van der Waals surface area contributed by atoms with E-state index >= 15 is 0 Å². The topological polar surface area (TPSA) is 29.5 Å². The number of ether oxygens (including phenoxy) is 1. The zero-order chi connectivity index (χ0) is 9.23. The zero-order valence-corrected chi connectivity index (χ0v) is 9.07. The fourth-order valence-corrected chi connectivity index (χ4v) is 1.07. The van der Waals surface area contributed by atoms with Crippen LogP contribution in [0.15, 0.2) is 0 Å². The van der Waals surface area contributed by atoms with Crippen molar-refractivity contribution in [2.45, 2.75) is 30.3 Å². The number of aliphatic hydroxyl groups is 1. The minimum atomic E-state index is 0.0300. The third-order valence-electron chi connectivity index (χ3n) is 1.46. The van der Waals surface area contributed by atoms with Gasteiger partial charge in [-0.2, -0.15) is 25.3 Å². The predicted octanol–water partition coefficient (Wildman–Crippen LogP) is 1.74. The molecule has 12 heavy (non-hydrogen) atoms. The Morgan fingerprint density at radius 2 is 1.75 bits per heavy atom. The van der Waals surface area contributed by atoms with E-state index in [1.165, 1.54) is 0 Å². The van der Waals surface area contributed by atoms with E-state index in [0.29, 0.717) is 13.2 Å². The summed E-state index contributed by atoms with van der Waals surface area (Å²) in [6.07, 6.45) is 4.19. The summed E-state index contributed by atoms with van der Waals surface area (Å²) < 4.78 is 5.29. The van der Waals surface area contributed by atoms with Crippen LogP contribution in [0.5, 0.6) is 0 Å². The highest BCUT2D eigenvalue weighted by atomic mass is 32.2. The molecule has 0 amide bonds. The van der Waals surface area contributed by atoms with Crippen LogP contribution in [0.2, 0.25) is 0 Å². The molecule has 0 aliphatic carbocycles. The van der Waals surface area contributed by atoms with E-state index in [9.17, 15) is 0 Å². The fourth-order valence-electron chi connectivity index (χ4n) is 0.858. The molecule has 0 aliphatic heterocycles. The first-order valence-electron chi connectivity index (χ1n) is 4.32. The molecule has 0 saturated carbocycles. The van der Waals surface area contributed by atoms with E-state index in [-0.39, 0.29) is 4.58 Å². The summed E-state index contributed by atoms with van der Waals surface area (Å²) in [7, 11) is 0. The molecule has 1 N–H and O–H groups in total. The van der Waals surface area contributed by atoms with Gasteiger partial charge >= 0.3 is 0 Å². The Kier molecular flexibility index (Phi) is 10.2. The average molecular weight is 210 g/mol. The van der Waals surface area contributed by atoms with Crippen molar-refractivity contribution in [3.8, 4) is 0 Å². The summed E-state index contributed by atoms with van der Waals surface area (Å²) in [6, 6.07) is 0. The summed E-state index contributed by atoms with van der Waals surface area (Å²) >= 11 is 8.13. The number of rotatable bonds is 8. The van der Waals surface area contributed by atoms with Gasteiger partial charge in [0, 0.05) is 13.2 Å². The van der Waals surface area contributed by atoms with Crippen LogP contribution in [0.25, 0.3) is 0 Å². The summed E-state index contributed by atoms with van der Waals surface area (Å²) in [5.74, 6) is 0. The van der Waals surface area contributed by atoms with Gasteiger partial charge in [0.2, 0.25) is 0 Å². The maximum Gasteiger partial charge on any atom is 0.0675 e. The van der Waals surface area contributed by atoms with E-state index < -0.39 is 0 Å². The van der Waals surface area contributed by atoms with Crippen molar-refractivity contribution in [2.24, 2.45) is 0 Å². The SMILES string of the molecule is OCCCCCCOCC(S)S. The lowest BCUT2D eigenvalue weighted by Gasteiger charge is -2.04. The Labute approximate surface area is 85.5 Å². The third kappa shape index (κ3) is 10.6. The zero-order valence-electron chi connectivity index (χ0n) is 7.28. The Morgan fingerprint density at radius 1 is 1.08 bits per heavy atom. The Balaban J connectivity index is 2.82. The second kappa shape index (κ2) is 9.71. The molecule has 4 heteroatoms. The molecule has 0 radical (unpaired) electrons. The van der Waals surface area contributed by atoms with Gasteiger partial charge in [0.15, 0.2) is 0 Å². The number of unbranched alkanes of at least 4 members (excludes halogenated alkanes) is 3. The van der Waals surface area contributed by atoms with Crippen LogP contribution in [0.1, 0.15) is 25.7 Å². The molecular formula is C8H18O2S2. The maximum atomic E-state index is 8.49. The number of hydrogen-bond donors (Lipinski definition) is 3. The maximum absolute atomic E-state index is 8.49. The summed E-state index contributed by atoms with van der Waals surface area (Å²) in [5, 5.41) is 8.49. The predicted molar refractivity (Wildman–Crippen MR) is 58.1 cm³/mol. The fraction of sp³-hybridized carbons (Fsp3) is 1.00. The third-order valence-corrected chi connectivity index (χ3v) is 1.76. The van der Waals surface area contributed by atoms with Crippen molar-refractivity contribution >= 4 is 25.3 Å². The summed E-state index contributed by atoms with van der Waals surface area (Å²) in [4.78, 5) is 0. The Hall–Kier alpha value is 0.620. The molecule has 0 unspecified atom stereocenters. The average Bonchev–Trinajstić information content (AvgIpc) is 2.02. The molecule has 0 aliphatic rings. The van der Waals surface area contributed by atoms with Crippen molar-refractivity contribution < 1.29 is 9.84 Å². The van der Waals surface area contributed by atoms with E-state index in [4.69, 9.17) is 9.84 Å². The number of thiol groups is 2. The molecule has 0 rings (SSSR count). The van der Waals surface area contributed by atoms with Crippen molar-refractivity contribution in [3.63, 3.8) is 0 Å². The molecular weight excluding hydrogens is 192 g/mol. The van der Waals surface area contributed by atoms with E-state index in [1.807, 2.05) is 0 Å². The quantitative estimate of drug-likeness (QED) is 0.324. The first kappa shape index (κ1) is 12.6. The second-order valence-electron chi connectivity index (χ2n) is 2.69. The first-order chi connectivity index (χ1) is 5.77. The van der Waals surface area contributed by atoms with Crippen LogP contribution in [-0.2, 0) is 4.74 Å². The minimum absolute atomic E-state index is 0.0300. The van der Waals surface area contributed by atoms with Gasteiger partial charge < -0.3 is 9.84 Å². The Morgan fingerprint density at radius 3 is 2.33 bits per heavy atom. The van der Waals surface area contributed by atoms with Gasteiger partial charge in [0.25, 0.3) is 0 Å². The molecule has 74 valence electrons. The lowest BCUT2D eigenvalue weighted by atomic mass is 10.2. The van der Waals surface area contributed by atoms with Crippen LogP contribution in [0.3, 0.4) is 0 Å². The molecule has 0 aromatic rings. The van der Waals surface area contributed by atoms with Crippen LogP contribution >= 0.6 is 25.3 Å². The van der Waals surface area contributed by atoms with Gasteiger partial charge in [-0.15, -0.1) is 0 Å². The molecule has 0 bridgehead atoms. The molecule has 0 saturated heterocycles. The second-order valence-corrected chi connectivity index (χ2v) is 4.35. The highest BCUT2D eigenvalue weighted by Gasteiger charge is 1.94. The minimum Gasteiger partial charge on any atom is -0.396 e. The van der Waals surface area contributed by atoms with Crippen molar-refractivity contribution in [1.29, 1.82) is 0 Å². The summed E-state index contributed by atoms with van der Waals surface area (Å²) in [5.41, 5.74) is 0. The summed E-state index contributed by atoms with van der Waals surface area (Å²) in [6.45, 7) is 1.69. The van der Waals surface area contributed by atoms with E-state index in [2.05, 4.69) is 25.3 Å². The van der Waals surface area contributed by atoms with Gasteiger partial charge in [0.1, 0.15) is 0 Å².